The number of alkyl halides is 3. The normalized spacial score (nSPS) is 25.2. The molecular formula is C12H12F5N. The van der Waals surface area contributed by atoms with Crippen LogP contribution in [0.3, 0.4) is 0 Å². The molecule has 0 aliphatic carbocycles. The van der Waals surface area contributed by atoms with Crippen molar-refractivity contribution in [2.24, 2.45) is 0 Å². The summed E-state index contributed by atoms with van der Waals surface area (Å²) in [6, 6.07) is 0.574. The monoisotopic (exact) mass is 265 g/mol. The molecule has 100 valence electrons. The Kier molecular flexibility index (Phi) is 3.56. The van der Waals surface area contributed by atoms with Gasteiger partial charge in [0.15, 0.2) is 0 Å². The first-order chi connectivity index (χ1) is 8.36. The van der Waals surface area contributed by atoms with E-state index in [9.17, 15) is 22.0 Å². The fraction of sp³-hybridized carbons (Fsp3) is 0.500. The molecule has 6 heteroatoms. The van der Waals surface area contributed by atoms with Crippen molar-refractivity contribution in [2.75, 3.05) is 0 Å². The smallest absolute Gasteiger partial charge is 0.299 e. The van der Waals surface area contributed by atoms with E-state index in [0.717, 1.165) is 12.1 Å². The van der Waals surface area contributed by atoms with Gasteiger partial charge in [-0.1, -0.05) is 0 Å². The molecule has 2 atom stereocenters. The molecule has 1 heterocycles. The van der Waals surface area contributed by atoms with Gasteiger partial charge in [-0.25, -0.2) is 8.78 Å². The summed E-state index contributed by atoms with van der Waals surface area (Å²) in [7, 11) is 0. The van der Waals surface area contributed by atoms with Crippen LogP contribution < -0.4 is 5.32 Å². The van der Waals surface area contributed by atoms with Crippen LogP contribution in [0.4, 0.5) is 22.0 Å². The van der Waals surface area contributed by atoms with E-state index in [0.29, 0.717) is 18.9 Å². The molecule has 1 aliphatic rings. The maximum absolute atomic E-state index is 13.0. The summed E-state index contributed by atoms with van der Waals surface area (Å²) in [5.74, 6) is -1.55. The molecule has 0 radical (unpaired) electrons. The predicted molar refractivity (Wildman–Crippen MR) is 55.9 cm³/mol. The van der Waals surface area contributed by atoms with Gasteiger partial charge in [0.2, 0.25) is 0 Å². The fourth-order valence-electron chi connectivity index (χ4n) is 2.23. The van der Waals surface area contributed by atoms with Crippen LogP contribution in [0, 0.1) is 11.6 Å². The lowest BCUT2D eigenvalue weighted by atomic mass is 9.93. The molecule has 0 saturated carbocycles. The number of hydrogen-bond acceptors (Lipinski definition) is 1. The van der Waals surface area contributed by atoms with Gasteiger partial charge in [-0.15, -0.1) is 0 Å². The second-order valence-corrected chi connectivity index (χ2v) is 4.45. The SMILES string of the molecule is Fc1cc(F)cc(C2CCCC(C(F)(F)F)N2)c1. The van der Waals surface area contributed by atoms with Gasteiger partial charge in [0.05, 0.1) is 0 Å². The lowest BCUT2D eigenvalue weighted by molar-refractivity contribution is -0.163. The Hall–Kier alpha value is -1.17. The number of nitrogens with one attached hydrogen (secondary N) is 1. The lowest BCUT2D eigenvalue weighted by Gasteiger charge is -2.32. The molecule has 1 N–H and O–H groups in total. The van der Waals surface area contributed by atoms with Crippen LogP contribution in [0.25, 0.3) is 0 Å². The van der Waals surface area contributed by atoms with Crippen LogP contribution in [-0.2, 0) is 0 Å². The van der Waals surface area contributed by atoms with Crippen LogP contribution in [0.1, 0.15) is 30.9 Å². The highest BCUT2D eigenvalue weighted by atomic mass is 19.4. The van der Waals surface area contributed by atoms with E-state index in [-0.39, 0.29) is 12.0 Å². The van der Waals surface area contributed by atoms with Gasteiger partial charge in [-0.3, -0.25) is 5.32 Å². The van der Waals surface area contributed by atoms with Crippen molar-refractivity contribution in [3.8, 4) is 0 Å². The number of benzene rings is 1. The Morgan fingerprint density at radius 2 is 1.61 bits per heavy atom. The minimum absolute atomic E-state index is 0.00218. The third-order valence-electron chi connectivity index (χ3n) is 3.07. The number of halogens is 5. The van der Waals surface area contributed by atoms with Crippen LogP contribution in [0.5, 0.6) is 0 Å². The molecule has 1 aliphatic heterocycles. The summed E-state index contributed by atoms with van der Waals surface area (Å²) < 4.78 is 63.8. The summed E-state index contributed by atoms with van der Waals surface area (Å²) in [6.45, 7) is 0. The maximum atomic E-state index is 13.0. The zero-order valence-electron chi connectivity index (χ0n) is 9.40. The van der Waals surface area contributed by atoms with E-state index < -0.39 is 29.9 Å². The lowest BCUT2D eigenvalue weighted by Crippen LogP contribution is -2.46. The molecule has 0 bridgehead atoms. The van der Waals surface area contributed by atoms with Gasteiger partial charge in [-0.05, 0) is 37.0 Å². The Balaban J connectivity index is 2.18. The van der Waals surface area contributed by atoms with Crippen molar-refractivity contribution in [1.82, 2.24) is 5.32 Å². The summed E-state index contributed by atoms with van der Waals surface area (Å²) in [5, 5.41) is 2.41. The van der Waals surface area contributed by atoms with Crippen LogP contribution >= 0.6 is 0 Å². The van der Waals surface area contributed by atoms with E-state index in [1.54, 1.807) is 0 Å². The molecule has 0 spiro atoms. The molecular weight excluding hydrogens is 253 g/mol. The minimum Gasteiger partial charge on any atom is -0.299 e. The van der Waals surface area contributed by atoms with Gasteiger partial charge < -0.3 is 0 Å². The van der Waals surface area contributed by atoms with E-state index >= 15 is 0 Å². The molecule has 18 heavy (non-hydrogen) atoms. The van der Waals surface area contributed by atoms with E-state index in [1.807, 2.05) is 0 Å². The first-order valence-corrected chi connectivity index (χ1v) is 5.65. The quantitative estimate of drug-likeness (QED) is 0.763. The predicted octanol–water partition coefficient (Wildman–Crippen LogP) is 3.71. The molecule has 0 amide bonds. The van der Waals surface area contributed by atoms with Crippen LogP contribution in [0.15, 0.2) is 18.2 Å². The van der Waals surface area contributed by atoms with Gasteiger partial charge in [0.25, 0.3) is 0 Å². The third kappa shape index (κ3) is 2.98. The van der Waals surface area contributed by atoms with Crippen molar-refractivity contribution in [3.63, 3.8) is 0 Å². The maximum Gasteiger partial charge on any atom is 0.403 e. The molecule has 1 nitrogen and oxygen atoms in total. The fourth-order valence-corrected chi connectivity index (χ4v) is 2.23. The molecule has 1 saturated heterocycles. The highest BCUT2D eigenvalue weighted by molar-refractivity contribution is 5.22. The number of piperidine rings is 1. The molecule has 1 aromatic rings. The Morgan fingerprint density at radius 3 is 2.17 bits per heavy atom. The summed E-state index contributed by atoms with van der Waals surface area (Å²) in [5.41, 5.74) is 0.224. The average Bonchev–Trinajstić information content (AvgIpc) is 2.27. The zero-order chi connectivity index (χ0) is 13.3. The van der Waals surface area contributed by atoms with Crippen LogP contribution in [0.2, 0.25) is 0 Å². The first-order valence-electron chi connectivity index (χ1n) is 5.65. The van der Waals surface area contributed by atoms with E-state index in [4.69, 9.17) is 0 Å². The summed E-state index contributed by atoms with van der Waals surface area (Å²) in [4.78, 5) is 0. The van der Waals surface area contributed by atoms with Crippen molar-refractivity contribution in [3.05, 3.63) is 35.4 Å². The average molecular weight is 265 g/mol. The Bertz CT molecular complexity index is 409. The third-order valence-corrected chi connectivity index (χ3v) is 3.07. The highest BCUT2D eigenvalue weighted by Gasteiger charge is 2.42. The first kappa shape index (κ1) is 13.3. The molecule has 0 aromatic heterocycles. The van der Waals surface area contributed by atoms with Crippen molar-refractivity contribution in [1.29, 1.82) is 0 Å². The second-order valence-electron chi connectivity index (χ2n) is 4.45. The Morgan fingerprint density at radius 1 is 1.00 bits per heavy atom. The molecule has 2 rings (SSSR count). The van der Waals surface area contributed by atoms with Crippen molar-refractivity contribution >= 4 is 0 Å². The van der Waals surface area contributed by atoms with Gasteiger partial charge >= 0.3 is 6.18 Å². The van der Waals surface area contributed by atoms with Gasteiger partial charge in [0, 0.05) is 12.1 Å². The summed E-state index contributed by atoms with van der Waals surface area (Å²) in [6.07, 6.45) is -3.52. The number of hydrogen-bond donors (Lipinski definition) is 1. The number of rotatable bonds is 1. The topological polar surface area (TPSA) is 12.0 Å². The Labute approximate surface area is 101 Å². The minimum atomic E-state index is -4.33. The highest BCUT2D eigenvalue weighted by Crippen LogP contribution is 2.33. The van der Waals surface area contributed by atoms with E-state index in [2.05, 4.69) is 5.32 Å². The van der Waals surface area contributed by atoms with Crippen molar-refractivity contribution < 1.29 is 22.0 Å². The van der Waals surface area contributed by atoms with Crippen LogP contribution in [-0.4, -0.2) is 12.2 Å². The van der Waals surface area contributed by atoms with E-state index in [1.165, 1.54) is 0 Å². The molecule has 1 fully saturated rings. The molecule has 1 aromatic carbocycles. The summed E-state index contributed by atoms with van der Waals surface area (Å²) >= 11 is 0. The van der Waals surface area contributed by atoms with Gasteiger partial charge in [0.1, 0.15) is 17.7 Å². The largest absolute Gasteiger partial charge is 0.403 e. The van der Waals surface area contributed by atoms with Crippen molar-refractivity contribution in [2.45, 2.75) is 37.5 Å². The molecule has 2 unspecified atom stereocenters. The second kappa shape index (κ2) is 4.84. The van der Waals surface area contributed by atoms with Gasteiger partial charge in [-0.2, -0.15) is 13.2 Å². The zero-order valence-corrected chi connectivity index (χ0v) is 9.40. The standard InChI is InChI=1S/C12H12F5N/c13-8-4-7(5-9(14)6-8)10-2-1-3-11(18-10)12(15,16)17/h4-6,10-11,18H,1-3H2.